The molecule has 2 heterocycles. The molecule has 4 nitrogen and oxygen atoms in total. The van der Waals surface area contributed by atoms with Gasteiger partial charge in [0.25, 0.3) is 5.68 Å². The van der Waals surface area contributed by atoms with Crippen LogP contribution in [-0.4, -0.2) is 9.38 Å². The highest BCUT2D eigenvalue weighted by Crippen LogP contribution is 1.88. The Bertz CT molecular complexity index is 409. The highest BCUT2D eigenvalue weighted by Gasteiger charge is 1.97. The lowest BCUT2D eigenvalue weighted by atomic mass is 10.6. The van der Waals surface area contributed by atoms with E-state index in [1.165, 1.54) is 17.0 Å². The van der Waals surface area contributed by atoms with Crippen LogP contribution >= 0.6 is 0 Å². The molecule has 2 aromatic heterocycles. The van der Waals surface area contributed by atoms with Crippen LogP contribution in [0.25, 0.3) is 12.1 Å². The standard InChI is InChI=1S/C6H5N3O/c1-4-5-2-10-6(7)9(5)3-8-4/h2-3,7H,1H2. The Morgan fingerprint density at radius 1 is 1.70 bits per heavy atom. The summed E-state index contributed by atoms with van der Waals surface area (Å²) in [5, 5.41) is 7.83. The van der Waals surface area contributed by atoms with Crippen molar-refractivity contribution in [1.82, 2.24) is 9.38 Å². The molecule has 10 heavy (non-hydrogen) atoms. The number of aromatic nitrogens is 2. The number of fused-ring (bicyclic) bond motifs is 1. The van der Waals surface area contributed by atoms with Crippen LogP contribution in [0.3, 0.4) is 0 Å². The maximum absolute atomic E-state index is 7.19. The third-order valence-corrected chi connectivity index (χ3v) is 1.39. The molecule has 4 heteroatoms. The van der Waals surface area contributed by atoms with Gasteiger partial charge in [0.2, 0.25) is 0 Å². The van der Waals surface area contributed by atoms with Crippen molar-refractivity contribution in [3.05, 3.63) is 23.6 Å². The lowest BCUT2D eigenvalue weighted by Crippen LogP contribution is -2.03. The van der Waals surface area contributed by atoms with Crippen LogP contribution in [0.4, 0.5) is 0 Å². The van der Waals surface area contributed by atoms with E-state index in [2.05, 4.69) is 11.6 Å². The lowest BCUT2D eigenvalue weighted by Gasteiger charge is -1.71. The minimum absolute atomic E-state index is 0.0809. The van der Waals surface area contributed by atoms with Gasteiger partial charge in [-0.3, -0.25) is 5.41 Å². The molecule has 0 atom stereocenters. The lowest BCUT2D eigenvalue weighted by molar-refractivity contribution is 0.479. The molecular weight excluding hydrogens is 130 g/mol. The van der Waals surface area contributed by atoms with Crippen LogP contribution in [0.2, 0.25) is 0 Å². The number of nitrogens with one attached hydrogen (secondary N) is 1. The zero-order valence-electron chi connectivity index (χ0n) is 5.16. The molecule has 0 saturated carbocycles. The Kier molecular flexibility index (Phi) is 0.768. The van der Waals surface area contributed by atoms with Gasteiger partial charge in [0.15, 0.2) is 0 Å². The number of rotatable bonds is 0. The quantitative estimate of drug-likeness (QED) is 0.531. The van der Waals surface area contributed by atoms with Crippen molar-refractivity contribution < 1.29 is 4.42 Å². The van der Waals surface area contributed by atoms with Crippen molar-refractivity contribution in [3.8, 4) is 0 Å². The molecule has 0 unspecified atom stereocenters. The van der Waals surface area contributed by atoms with Gasteiger partial charge in [0.1, 0.15) is 18.1 Å². The minimum atomic E-state index is 0.0809. The third-order valence-electron chi connectivity index (χ3n) is 1.39. The second-order valence-electron chi connectivity index (χ2n) is 1.99. The zero-order chi connectivity index (χ0) is 7.14. The molecule has 0 fully saturated rings. The predicted octanol–water partition coefficient (Wildman–Crippen LogP) is -0.464. The molecule has 1 N–H and O–H groups in total. The molecule has 50 valence electrons. The number of hydrogen-bond donors (Lipinski definition) is 1. The van der Waals surface area contributed by atoms with Crippen molar-refractivity contribution in [2.24, 2.45) is 0 Å². The van der Waals surface area contributed by atoms with Crippen molar-refractivity contribution in [3.63, 3.8) is 0 Å². The van der Waals surface area contributed by atoms with Crippen molar-refractivity contribution >= 4 is 12.1 Å². The van der Waals surface area contributed by atoms with E-state index in [0.29, 0.717) is 5.35 Å². The maximum Gasteiger partial charge on any atom is 0.299 e. The first-order valence-corrected chi connectivity index (χ1v) is 2.77. The molecule has 0 aliphatic rings. The number of imidazole rings is 1. The maximum atomic E-state index is 7.19. The molecule has 0 aliphatic heterocycles. The van der Waals surface area contributed by atoms with Gasteiger partial charge in [0.05, 0.1) is 5.35 Å². The monoisotopic (exact) mass is 135 g/mol. The highest BCUT2D eigenvalue weighted by atomic mass is 16.3. The Balaban J connectivity index is 3.24. The smallest absolute Gasteiger partial charge is 0.299 e. The summed E-state index contributed by atoms with van der Waals surface area (Å²) in [7, 11) is 0. The summed E-state index contributed by atoms with van der Waals surface area (Å²) in [6.45, 7) is 3.65. The van der Waals surface area contributed by atoms with Crippen LogP contribution < -0.4 is 11.0 Å². The molecule has 2 rings (SSSR count). The summed E-state index contributed by atoms with van der Waals surface area (Å²) in [4.78, 5) is 3.89. The van der Waals surface area contributed by atoms with Gasteiger partial charge in [0, 0.05) is 0 Å². The molecule has 0 aliphatic carbocycles. The van der Waals surface area contributed by atoms with Crippen molar-refractivity contribution in [2.45, 2.75) is 0 Å². The Morgan fingerprint density at radius 2 is 2.50 bits per heavy atom. The summed E-state index contributed by atoms with van der Waals surface area (Å²) in [6, 6.07) is 0. The van der Waals surface area contributed by atoms with E-state index in [9.17, 15) is 0 Å². The molecule has 0 aromatic carbocycles. The van der Waals surface area contributed by atoms with Gasteiger partial charge < -0.3 is 4.42 Å². The van der Waals surface area contributed by atoms with Crippen LogP contribution in [0.5, 0.6) is 0 Å². The van der Waals surface area contributed by atoms with Gasteiger partial charge in [-0.1, -0.05) is 6.58 Å². The predicted molar refractivity (Wildman–Crippen MR) is 34.1 cm³/mol. The first-order valence-electron chi connectivity index (χ1n) is 2.77. The summed E-state index contributed by atoms with van der Waals surface area (Å²) >= 11 is 0. The summed E-state index contributed by atoms with van der Waals surface area (Å²) in [6.07, 6.45) is 2.99. The van der Waals surface area contributed by atoms with Crippen molar-refractivity contribution in [1.29, 1.82) is 5.41 Å². The van der Waals surface area contributed by atoms with E-state index in [1.54, 1.807) is 0 Å². The largest absolute Gasteiger partial charge is 0.431 e. The van der Waals surface area contributed by atoms with E-state index in [0.717, 1.165) is 5.52 Å². The normalized spacial score (nSPS) is 10.8. The topological polar surface area (TPSA) is 54.3 Å². The molecule has 0 bridgehead atoms. The molecule has 0 amide bonds. The second kappa shape index (κ2) is 1.47. The van der Waals surface area contributed by atoms with Crippen LogP contribution in [0.1, 0.15) is 0 Å². The van der Waals surface area contributed by atoms with Crippen molar-refractivity contribution in [2.75, 3.05) is 0 Å². The van der Waals surface area contributed by atoms with Crippen LogP contribution in [-0.2, 0) is 0 Å². The SMILES string of the molecule is C=c1ncn2c(=N)occ12. The Labute approximate surface area is 55.9 Å². The molecular formula is C6H5N3O. The van der Waals surface area contributed by atoms with E-state index in [4.69, 9.17) is 9.83 Å². The number of hydrogen-bond acceptors (Lipinski definition) is 3. The Hall–Kier alpha value is -1.58. The molecule has 0 spiro atoms. The van der Waals surface area contributed by atoms with E-state index in [1.807, 2.05) is 0 Å². The summed E-state index contributed by atoms with van der Waals surface area (Å²) in [5.41, 5.74) is 0.836. The number of oxazole rings is 1. The van der Waals surface area contributed by atoms with E-state index < -0.39 is 0 Å². The molecule has 0 radical (unpaired) electrons. The Morgan fingerprint density at radius 3 is 3.20 bits per heavy atom. The van der Waals surface area contributed by atoms with E-state index in [-0.39, 0.29) is 5.68 Å². The fraction of sp³-hybridized carbons (Fsp3) is 0. The van der Waals surface area contributed by atoms with Gasteiger partial charge in [-0.25, -0.2) is 9.38 Å². The fourth-order valence-corrected chi connectivity index (χ4v) is 0.850. The molecule has 2 aromatic rings. The van der Waals surface area contributed by atoms with E-state index >= 15 is 0 Å². The van der Waals surface area contributed by atoms with Gasteiger partial charge in [-0.2, -0.15) is 0 Å². The second-order valence-corrected chi connectivity index (χ2v) is 1.99. The number of nitrogens with zero attached hydrogens (tertiary/aromatic N) is 2. The fourth-order valence-electron chi connectivity index (χ4n) is 0.850. The average molecular weight is 135 g/mol. The first-order chi connectivity index (χ1) is 4.79. The summed E-state index contributed by atoms with van der Waals surface area (Å²) < 4.78 is 6.32. The van der Waals surface area contributed by atoms with Crippen LogP contribution in [0.15, 0.2) is 17.0 Å². The van der Waals surface area contributed by atoms with Gasteiger partial charge in [-0.05, 0) is 0 Å². The average Bonchev–Trinajstić information content (AvgIpc) is 2.41. The van der Waals surface area contributed by atoms with Gasteiger partial charge >= 0.3 is 0 Å². The summed E-state index contributed by atoms with van der Waals surface area (Å²) in [5.74, 6) is 0. The van der Waals surface area contributed by atoms with Crippen LogP contribution in [0, 0.1) is 5.41 Å². The molecule has 0 saturated heterocycles. The minimum Gasteiger partial charge on any atom is -0.431 e. The van der Waals surface area contributed by atoms with Gasteiger partial charge in [-0.15, -0.1) is 0 Å². The first kappa shape index (κ1) is 5.22. The highest BCUT2D eigenvalue weighted by molar-refractivity contribution is 5.43. The zero-order valence-corrected chi connectivity index (χ0v) is 5.16. The third kappa shape index (κ3) is 0.452.